The zero-order valence-electron chi connectivity index (χ0n) is 21.5. The third-order valence-electron chi connectivity index (χ3n) is 6.01. The SMILES string of the molecule is CCOC(=O)c1ccc(NC(=O)CC2C(=O)N(C)C(=S)N2Cc2c(/N=C(\[O-])c3ccccc3)on[n+]2C)cc1. The molecule has 1 fully saturated rings. The van der Waals surface area contributed by atoms with E-state index in [4.69, 9.17) is 21.5 Å². The van der Waals surface area contributed by atoms with E-state index < -0.39 is 23.8 Å². The maximum absolute atomic E-state index is 13.0. The molecule has 202 valence electrons. The molecule has 1 atom stereocenters. The molecule has 1 saturated heterocycles. The molecule has 0 bridgehead atoms. The number of nitrogens with zero attached hydrogens (tertiary/aromatic N) is 5. The lowest BCUT2D eigenvalue weighted by Crippen LogP contribution is -2.42. The Balaban J connectivity index is 1.50. The topological polar surface area (TPSA) is 144 Å². The zero-order valence-corrected chi connectivity index (χ0v) is 22.3. The Kier molecular flexibility index (Phi) is 8.30. The van der Waals surface area contributed by atoms with Crippen LogP contribution >= 0.6 is 12.2 Å². The van der Waals surface area contributed by atoms with E-state index in [9.17, 15) is 19.5 Å². The Morgan fingerprint density at radius 3 is 2.54 bits per heavy atom. The van der Waals surface area contributed by atoms with E-state index >= 15 is 0 Å². The first-order chi connectivity index (χ1) is 18.7. The summed E-state index contributed by atoms with van der Waals surface area (Å²) in [5.74, 6) is -1.79. The summed E-state index contributed by atoms with van der Waals surface area (Å²) in [6, 6.07) is 13.8. The number of hydrogen-bond donors (Lipinski definition) is 1. The van der Waals surface area contributed by atoms with Crippen LogP contribution in [0.3, 0.4) is 0 Å². The van der Waals surface area contributed by atoms with Crippen molar-refractivity contribution in [2.45, 2.75) is 25.9 Å². The highest BCUT2D eigenvalue weighted by Crippen LogP contribution is 2.25. The monoisotopic (exact) mass is 550 g/mol. The van der Waals surface area contributed by atoms with Gasteiger partial charge in [0.1, 0.15) is 12.6 Å². The van der Waals surface area contributed by atoms with Crippen LogP contribution in [0.4, 0.5) is 11.6 Å². The summed E-state index contributed by atoms with van der Waals surface area (Å²) >= 11 is 5.48. The Morgan fingerprint density at radius 1 is 1.18 bits per heavy atom. The number of aliphatic imine (C=N–C) groups is 1. The normalized spacial score (nSPS) is 15.6. The van der Waals surface area contributed by atoms with Crippen molar-refractivity contribution in [1.82, 2.24) is 15.1 Å². The Labute approximate surface area is 229 Å². The number of esters is 1. The average molecular weight is 551 g/mol. The molecule has 3 aromatic rings. The molecular formula is C26H26N6O6S. The van der Waals surface area contributed by atoms with Crippen LogP contribution in [0.2, 0.25) is 0 Å². The first-order valence-electron chi connectivity index (χ1n) is 12.0. The fraction of sp³-hybridized carbons (Fsp3) is 0.269. The van der Waals surface area contributed by atoms with Crippen molar-refractivity contribution < 1.29 is 33.4 Å². The number of amides is 2. The highest BCUT2D eigenvalue weighted by Gasteiger charge is 2.43. The number of benzene rings is 2. The quantitative estimate of drug-likeness (QED) is 0.136. The van der Waals surface area contributed by atoms with Crippen LogP contribution in [-0.2, 0) is 27.9 Å². The first kappa shape index (κ1) is 27.4. The second kappa shape index (κ2) is 11.8. The lowest BCUT2D eigenvalue weighted by molar-refractivity contribution is -0.746. The van der Waals surface area contributed by atoms with Crippen molar-refractivity contribution in [2.75, 3.05) is 19.0 Å². The van der Waals surface area contributed by atoms with Crippen LogP contribution in [0.25, 0.3) is 0 Å². The molecule has 1 unspecified atom stereocenters. The maximum Gasteiger partial charge on any atom is 0.338 e. The number of thiocarbonyl (C=S) groups is 1. The second-order valence-electron chi connectivity index (χ2n) is 8.61. The van der Waals surface area contributed by atoms with Gasteiger partial charge in [-0.1, -0.05) is 30.3 Å². The molecule has 0 aliphatic carbocycles. The molecule has 13 heteroatoms. The first-order valence-corrected chi connectivity index (χ1v) is 12.4. The highest BCUT2D eigenvalue weighted by atomic mass is 32.1. The Hall–Kier alpha value is -4.65. The molecule has 0 spiro atoms. The van der Waals surface area contributed by atoms with Crippen molar-refractivity contribution in [3.05, 3.63) is 71.4 Å². The van der Waals surface area contributed by atoms with Crippen LogP contribution in [0, 0.1) is 0 Å². The molecule has 1 aliphatic rings. The largest absolute Gasteiger partial charge is 0.858 e. The van der Waals surface area contributed by atoms with Gasteiger partial charge in [-0.3, -0.25) is 19.0 Å². The lowest BCUT2D eigenvalue weighted by atomic mass is 10.1. The van der Waals surface area contributed by atoms with E-state index in [2.05, 4.69) is 15.6 Å². The second-order valence-corrected chi connectivity index (χ2v) is 8.97. The minimum absolute atomic E-state index is 0.0159. The number of aryl methyl sites for hydroxylation is 1. The third kappa shape index (κ3) is 6.09. The van der Waals surface area contributed by atoms with Crippen molar-refractivity contribution >= 4 is 52.6 Å². The summed E-state index contributed by atoms with van der Waals surface area (Å²) in [6.45, 7) is 1.99. The Morgan fingerprint density at radius 2 is 1.87 bits per heavy atom. The summed E-state index contributed by atoms with van der Waals surface area (Å²) in [4.78, 5) is 44.7. The molecule has 1 aromatic heterocycles. The average Bonchev–Trinajstić information content (AvgIpc) is 3.37. The Bertz CT molecular complexity index is 1420. The number of carbonyl (C=O) groups excluding carboxylic acids is 3. The van der Waals surface area contributed by atoms with E-state index in [1.165, 1.54) is 28.8 Å². The van der Waals surface area contributed by atoms with Crippen molar-refractivity contribution in [3.8, 4) is 0 Å². The van der Waals surface area contributed by atoms with E-state index in [0.717, 1.165) is 0 Å². The van der Waals surface area contributed by atoms with Crippen LogP contribution in [-0.4, -0.2) is 63.6 Å². The molecule has 0 radical (unpaired) electrons. The van der Waals surface area contributed by atoms with Crippen molar-refractivity contribution in [1.29, 1.82) is 0 Å². The van der Waals surface area contributed by atoms with Gasteiger partial charge in [0.25, 0.3) is 11.6 Å². The van der Waals surface area contributed by atoms with Gasteiger partial charge in [-0.2, -0.15) is 0 Å². The van der Waals surface area contributed by atoms with Gasteiger partial charge in [-0.15, -0.1) is 0 Å². The minimum Gasteiger partial charge on any atom is -0.858 e. The molecule has 0 saturated carbocycles. The third-order valence-corrected chi connectivity index (χ3v) is 6.52. The molecule has 1 aliphatic heterocycles. The van der Waals surface area contributed by atoms with Gasteiger partial charge in [0.15, 0.2) is 12.2 Å². The number of ether oxygens (including phenoxy) is 1. The molecule has 2 heterocycles. The number of anilines is 1. The minimum atomic E-state index is -0.908. The van der Waals surface area contributed by atoms with Crippen LogP contribution in [0.5, 0.6) is 0 Å². The predicted molar refractivity (Wildman–Crippen MR) is 141 cm³/mol. The van der Waals surface area contributed by atoms with Crippen LogP contribution in [0.1, 0.15) is 35.0 Å². The maximum atomic E-state index is 13.0. The molecule has 1 N–H and O–H groups in total. The van der Waals surface area contributed by atoms with Gasteiger partial charge in [0.2, 0.25) is 11.2 Å². The fourth-order valence-electron chi connectivity index (χ4n) is 3.94. The number of likely N-dealkylation sites (N-methyl/N-ethyl adjacent to an activating group) is 1. The molecular weight excluding hydrogens is 524 g/mol. The smallest absolute Gasteiger partial charge is 0.338 e. The van der Waals surface area contributed by atoms with E-state index in [-0.39, 0.29) is 36.5 Å². The number of hydrogen-bond acceptors (Lipinski definition) is 9. The van der Waals surface area contributed by atoms with Crippen LogP contribution < -0.4 is 15.1 Å². The summed E-state index contributed by atoms with van der Waals surface area (Å²) in [5.41, 5.74) is 1.57. The van der Waals surface area contributed by atoms with Gasteiger partial charge < -0.3 is 20.1 Å². The van der Waals surface area contributed by atoms with E-state index in [0.29, 0.717) is 22.5 Å². The molecule has 12 nitrogen and oxygen atoms in total. The zero-order chi connectivity index (χ0) is 28.1. The summed E-state index contributed by atoms with van der Waals surface area (Å²) in [7, 11) is 3.14. The fourth-order valence-corrected chi connectivity index (χ4v) is 4.22. The summed E-state index contributed by atoms with van der Waals surface area (Å²) < 4.78 is 11.6. The van der Waals surface area contributed by atoms with Gasteiger partial charge in [0.05, 0.1) is 18.6 Å². The summed E-state index contributed by atoms with van der Waals surface area (Å²) in [5, 5.41) is 19.4. The van der Waals surface area contributed by atoms with E-state index in [1.807, 2.05) is 0 Å². The van der Waals surface area contributed by atoms with Crippen molar-refractivity contribution in [3.63, 3.8) is 0 Å². The van der Waals surface area contributed by atoms with E-state index in [1.54, 1.807) is 61.3 Å². The predicted octanol–water partition coefficient (Wildman–Crippen LogP) is 1.07. The van der Waals surface area contributed by atoms with Gasteiger partial charge in [-0.25, -0.2) is 9.79 Å². The number of aromatic nitrogens is 2. The number of nitrogens with one attached hydrogen (secondary N) is 1. The number of carbonyl (C=O) groups is 3. The summed E-state index contributed by atoms with van der Waals surface area (Å²) in [6.07, 6.45) is -0.201. The molecule has 39 heavy (non-hydrogen) atoms. The molecule has 2 amide bonds. The van der Waals surface area contributed by atoms with Gasteiger partial charge in [0, 0.05) is 12.7 Å². The molecule has 2 aromatic carbocycles. The molecule has 4 rings (SSSR count). The van der Waals surface area contributed by atoms with Crippen LogP contribution in [0.15, 0.2) is 64.1 Å². The van der Waals surface area contributed by atoms with Crippen molar-refractivity contribution in [2.24, 2.45) is 12.0 Å². The van der Waals surface area contributed by atoms with Gasteiger partial charge >= 0.3 is 11.9 Å². The standard InChI is InChI=1S/C26H26N6O6S/c1-4-37-25(36)17-10-12-18(13-11-17)27-21(33)14-19-24(35)30(2)26(39)32(19)15-20-23(38-29-31(20)3)28-22(34)16-8-6-5-7-9-16/h5-13,19H,4,14-15H2,1-3H3,(H-,27,28,29,33,34,36). The number of rotatable bonds is 9. The van der Waals surface area contributed by atoms with Gasteiger partial charge in [-0.05, 0) is 59.6 Å². The lowest BCUT2D eigenvalue weighted by Gasteiger charge is -2.21. The highest BCUT2D eigenvalue weighted by molar-refractivity contribution is 7.80.